The average molecular weight is 274 g/mol. The second-order valence-corrected chi connectivity index (χ2v) is 5.14. The average Bonchev–Trinajstić information content (AvgIpc) is 3.25. The number of carboxylic acid groups (broad SMARTS) is 1. The first kappa shape index (κ1) is 13.0. The predicted molar refractivity (Wildman–Crippen MR) is 72.8 cm³/mol. The fraction of sp³-hybridized carbons (Fsp3) is 0.333. The third-order valence-corrected chi connectivity index (χ3v) is 3.58. The first-order valence-corrected chi connectivity index (χ1v) is 6.63. The number of hydrogen-bond donors (Lipinski definition) is 1. The van der Waals surface area contributed by atoms with Crippen molar-refractivity contribution in [3.63, 3.8) is 0 Å². The molecule has 0 radical (unpaired) electrons. The third kappa shape index (κ3) is 2.63. The smallest absolute Gasteiger partial charge is 0.317 e. The predicted octanol–water partition coefficient (Wildman–Crippen LogP) is 2.42. The Morgan fingerprint density at radius 3 is 2.90 bits per heavy atom. The molecule has 20 heavy (non-hydrogen) atoms. The zero-order chi connectivity index (χ0) is 14.1. The van der Waals surface area contributed by atoms with E-state index in [1.54, 1.807) is 24.4 Å². The van der Waals surface area contributed by atoms with E-state index < -0.39 is 5.97 Å². The maximum atomic E-state index is 13.7. The summed E-state index contributed by atoms with van der Waals surface area (Å²) < 4.78 is 13.7. The van der Waals surface area contributed by atoms with Crippen LogP contribution in [-0.2, 0) is 11.3 Å². The Kier molecular flexibility index (Phi) is 3.36. The largest absolute Gasteiger partial charge is 0.480 e. The van der Waals surface area contributed by atoms with E-state index in [1.807, 2.05) is 4.90 Å². The van der Waals surface area contributed by atoms with Gasteiger partial charge >= 0.3 is 5.97 Å². The maximum absolute atomic E-state index is 13.7. The van der Waals surface area contributed by atoms with Crippen LogP contribution in [0.2, 0.25) is 0 Å². The molecule has 1 aliphatic rings. The summed E-state index contributed by atoms with van der Waals surface area (Å²) in [5.41, 5.74) is 1.48. The van der Waals surface area contributed by atoms with Crippen LogP contribution in [-0.4, -0.2) is 33.5 Å². The van der Waals surface area contributed by atoms with Gasteiger partial charge in [-0.3, -0.25) is 14.7 Å². The number of aliphatic carboxylic acids is 1. The molecule has 1 fully saturated rings. The topological polar surface area (TPSA) is 53.4 Å². The summed E-state index contributed by atoms with van der Waals surface area (Å²) in [6.07, 6.45) is 3.68. The zero-order valence-corrected chi connectivity index (χ0v) is 10.9. The molecule has 0 saturated heterocycles. The van der Waals surface area contributed by atoms with E-state index in [2.05, 4.69) is 4.98 Å². The lowest BCUT2D eigenvalue weighted by Crippen LogP contribution is -2.31. The fourth-order valence-corrected chi connectivity index (χ4v) is 2.47. The van der Waals surface area contributed by atoms with Gasteiger partial charge in [-0.2, -0.15) is 0 Å². The van der Waals surface area contributed by atoms with Crippen LogP contribution in [0.25, 0.3) is 10.9 Å². The minimum Gasteiger partial charge on any atom is -0.480 e. The van der Waals surface area contributed by atoms with Crippen LogP contribution in [0.1, 0.15) is 18.4 Å². The number of carboxylic acids is 1. The van der Waals surface area contributed by atoms with E-state index in [4.69, 9.17) is 5.11 Å². The molecule has 5 heteroatoms. The lowest BCUT2D eigenvalue weighted by atomic mass is 10.1. The van der Waals surface area contributed by atoms with Crippen molar-refractivity contribution in [2.45, 2.75) is 25.4 Å². The summed E-state index contributed by atoms with van der Waals surface area (Å²) in [7, 11) is 0. The Morgan fingerprint density at radius 1 is 1.40 bits per heavy atom. The summed E-state index contributed by atoms with van der Waals surface area (Å²) in [4.78, 5) is 17.1. The van der Waals surface area contributed by atoms with Gasteiger partial charge < -0.3 is 5.11 Å². The molecule has 1 heterocycles. The van der Waals surface area contributed by atoms with Gasteiger partial charge in [0.2, 0.25) is 0 Å². The van der Waals surface area contributed by atoms with Crippen LogP contribution in [0.15, 0.2) is 30.5 Å². The van der Waals surface area contributed by atoms with Gasteiger partial charge in [0.1, 0.15) is 5.82 Å². The van der Waals surface area contributed by atoms with Gasteiger partial charge in [-0.15, -0.1) is 0 Å². The monoisotopic (exact) mass is 274 g/mol. The van der Waals surface area contributed by atoms with E-state index >= 15 is 0 Å². The lowest BCUT2D eigenvalue weighted by molar-refractivity contribution is -0.138. The first-order chi connectivity index (χ1) is 9.65. The molecule has 3 rings (SSSR count). The second-order valence-electron chi connectivity index (χ2n) is 5.14. The summed E-state index contributed by atoms with van der Waals surface area (Å²) in [6.45, 7) is 0.501. The number of hydrogen-bond acceptors (Lipinski definition) is 3. The van der Waals surface area contributed by atoms with Crippen molar-refractivity contribution < 1.29 is 14.3 Å². The van der Waals surface area contributed by atoms with Crippen molar-refractivity contribution in [3.8, 4) is 0 Å². The van der Waals surface area contributed by atoms with E-state index in [1.165, 1.54) is 6.07 Å². The minimum absolute atomic E-state index is 0.0103. The Labute approximate surface area is 115 Å². The number of rotatable bonds is 5. The van der Waals surface area contributed by atoms with Crippen molar-refractivity contribution in [3.05, 3.63) is 41.8 Å². The van der Waals surface area contributed by atoms with Gasteiger partial charge in [0.05, 0.1) is 12.1 Å². The van der Waals surface area contributed by atoms with E-state index in [0.717, 1.165) is 18.4 Å². The number of nitrogens with zero attached hydrogens (tertiary/aromatic N) is 2. The van der Waals surface area contributed by atoms with E-state index in [-0.39, 0.29) is 12.4 Å². The van der Waals surface area contributed by atoms with Gasteiger partial charge in [0, 0.05) is 24.2 Å². The molecule has 1 aliphatic carbocycles. The number of benzene rings is 1. The molecular weight excluding hydrogens is 259 g/mol. The van der Waals surface area contributed by atoms with Gasteiger partial charge in [-0.1, -0.05) is 6.07 Å². The molecule has 1 saturated carbocycles. The molecule has 0 unspecified atom stereocenters. The summed E-state index contributed by atoms with van der Waals surface area (Å²) in [5.74, 6) is -1.13. The standard InChI is InChI=1S/C15H15FN2O2/c16-13-6-3-10(15-12(13)2-1-7-17-15)8-18(9-14(19)20)11-4-5-11/h1-3,6-7,11H,4-5,8-9H2,(H,19,20). The molecule has 1 aromatic carbocycles. The minimum atomic E-state index is -0.837. The lowest BCUT2D eigenvalue weighted by Gasteiger charge is -2.20. The highest BCUT2D eigenvalue weighted by atomic mass is 19.1. The van der Waals surface area contributed by atoms with Crippen molar-refractivity contribution in [2.75, 3.05) is 6.54 Å². The summed E-state index contributed by atoms with van der Waals surface area (Å²) >= 11 is 0. The maximum Gasteiger partial charge on any atom is 0.317 e. The van der Waals surface area contributed by atoms with E-state index in [0.29, 0.717) is 23.5 Å². The van der Waals surface area contributed by atoms with Crippen LogP contribution >= 0.6 is 0 Å². The van der Waals surface area contributed by atoms with Crippen LogP contribution in [0.5, 0.6) is 0 Å². The molecule has 1 N–H and O–H groups in total. The number of halogens is 1. The molecule has 104 valence electrons. The molecule has 0 aliphatic heterocycles. The number of carbonyl (C=O) groups is 1. The second kappa shape index (κ2) is 5.17. The number of aromatic nitrogens is 1. The van der Waals surface area contributed by atoms with Crippen LogP contribution in [0, 0.1) is 5.82 Å². The van der Waals surface area contributed by atoms with Gasteiger partial charge in [-0.05, 0) is 36.6 Å². The molecule has 1 aromatic heterocycles. The van der Waals surface area contributed by atoms with Crippen molar-refractivity contribution in [1.29, 1.82) is 0 Å². The van der Waals surface area contributed by atoms with Crippen molar-refractivity contribution in [2.24, 2.45) is 0 Å². The number of pyridine rings is 1. The third-order valence-electron chi connectivity index (χ3n) is 3.58. The highest BCUT2D eigenvalue weighted by Gasteiger charge is 2.30. The van der Waals surface area contributed by atoms with Gasteiger partial charge in [-0.25, -0.2) is 4.39 Å². The highest BCUT2D eigenvalue weighted by molar-refractivity contribution is 5.82. The highest BCUT2D eigenvalue weighted by Crippen LogP contribution is 2.29. The molecule has 0 atom stereocenters. The van der Waals surface area contributed by atoms with E-state index in [9.17, 15) is 9.18 Å². The Bertz CT molecular complexity index is 655. The molecule has 0 spiro atoms. The molecular formula is C15H15FN2O2. The molecule has 0 bridgehead atoms. The Balaban J connectivity index is 1.93. The van der Waals surface area contributed by atoms with Crippen LogP contribution in [0.4, 0.5) is 4.39 Å². The first-order valence-electron chi connectivity index (χ1n) is 6.63. The molecule has 4 nitrogen and oxygen atoms in total. The quantitative estimate of drug-likeness (QED) is 0.909. The molecule has 2 aromatic rings. The Morgan fingerprint density at radius 2 is 2.20 bits per heavy atom. The van der Waals surface area contributed by atoms with Crippen LogP contribution < -0.4 is 0 Å². The summed E-state index contributed by atoms with van der Waals surface area (Å²) in [5, 5.41) is 9.46. The number of fused-ring (bicyclic) bond motifs is 1. The van der Waals surface area contributed by atoms with Crippen molar-refractivity contribution in [1.82, 2.24) is 9.88 Å². The summed E-state index contributed by atoms with van der Waals surface area (Å²) in [6, 6.07) is 6.84. The van der Waals surface area contributed by atoms with Crippen LogP contribution in [0.3, 0.4) is 0 Å². The Hall–Kier alpha value is -2.01. The van der Waals surface area contributed by atoms with Crippen molar-refractivity contribution >= 4 is 16.9 Å². The molecule has 0 amide bonds. The normalized spacial score (nSPS) is 14.9. The van der Waals surface area contributed by atoms with Gasteiger partial charge in [0.25, 0.3) is 0 Å². The zero-order valence-electron chi connectivity index (χ0n) is 10.9. The van der Waals surface area contributed by atoms with Gasteiger partial charge in [0.15, 0.2) is 0 Å². The SMILES string of the molecule is O=C(O)CN(Cc1ccc(F)c2cccnc12)C1CC1. The fourth-order valence-electron chi connectivity index (χ4n) is 2.47.